The third-order valence-electron chi connectivity index (χ3n) is 2.62. The molecule has 0 aromatic rings. The first-order chi connectivity index (χ1) is 7.55. The summed E-state index contributed by atoms with van der Waals surface area (Å²) in [5, 5.41) is 0. The highest BCUT2D eigenvalue weighted by molar-refractivity contribution is 5.87. The minimum atomic E-state index is -0.883. The lowest BCUT2D eigenvalue weighted by Gasteiger charge is -2.42. The number of carbonyl (C=O) groups is 1. The molecular formula is C11H16O5. The normalized spacial score (nSPS) is 37.1. The van der Waals surface area contributed by atoms with Crippen LogP contribution in [0.2, 0.25) is 0 Å². The highest BCUT2D eigenvalue weighted by Crippen LogP contribution is 2.49. The second-order valence-corrected chi connectivity index (χ2v) is 3.89. The molecule has 3 heterocycles. The van der Waals surface area contributed by atoms with Gasteiger partial charge in [0.1, 0.15) is 6.61 Å². The van der Waals surface area contributed by atoms with Gasteiger partial charge in [-0.3, -0.25) is 9.47 Å². The molecule has 3 fully saturated rings. The molecule has 3 saturated heterocycles. The smallest absolute Gasteiger partial charge is 0.333 e. The van der Waals surface area contributed by atoms with E-state index in [1.165, 1.54) is 0 Å². The molecule has 5 heteroatoms. The summed E-state index contributed by atoms with van der Waals surface area (Å²) >= 11 is 0. The van der Waals surface area contributed by atoms with Crippen molar-refractivity contribution < 1.29 is 23.7 Å². The van der Waals surface area contributed by atoms with E-state index in [9.17, 15) is 4.79 Å². The Morgan fingerprint density at radius 2 is 2.12 bits per heavy atom. The average molecular weight is 228 g/mol. The van der Waals surface area contributed by atoms with Crippen molar-refractivity contribution >= 4 is 5.97 Å². The van der Waals surface area contributed by atoms with Gasteiger partial charge in [0.05, 0.1) is 6.61 Å². The van der Waals surface area contributed by atoms with Gasteiger partial charge in [0.2, 0.25) is 5.79 Å². The third kappa shape index (κ3) is 1.75. The standard InChI is InChI=1S/C11H16O5/c1-4-11-14-7-10(15-11,16-11)6-8(3)9(12)13-5-2/h6H,4-5,7H2,1-3H3/b8-6+. The summed E-state index contributed by atoms with van der Waals surface area (Å²) in [4.78, 5) is 11.4. The molecule has 0 aliphatic carbocycles. The van der Waals surface area contributed by atoms with Crippen LogP contribution < -0.4 is 0 Å². The minimum Gasteiger partial charge on any atom is -0.463 e. The molecule has 0 saturated carbocycles. The van der Waals surface area contributed by atoms with Crippen LogP contribution in [0, 0.1) is 0 Å². The first-order valence-corrected chi connectivity index (χ1v) is 5.45. The monoisotopic (exact) mass is 228 g/mol. The molecular weight excluding hydrogens is 212 g/mol. The number of esters is 1. The number of rotatable bonds is 4. The van der Waals surface area contributed by atoms with Crippen molar-refractivity contribution in [2.24, 2.45) is 0 Å². The van der Waals surface area contributed by atoms with E-state index >= 15 is 0 Å². The lowest BCUT2D eigenvalue weighted by molar-refractivity contribution is -0.492. The Labute approximate surface area is 94.3 Å². The Morgan fingerprint density at radius 1 is 1.44 bits per heavy atom. The maximum atomic E-state index is 11.4. The average Bonchev–Trinajstić information content (AvgIpc) is 2.73. The Morgan fingerprint density at radius 3 is 2.62 bits per heavy atom. The third-order valence-corrected chi connectivity index (χ3v) is 2.62. The zero-order valence-corrected chi connectivity index (χ0v) is 9.74. The van der Waals surface area contributed by atoms with E-state index in [0.29, 0.717) is 25.2 Å². The van der Waals surface area contributed by atoms with E-state index < -0.39 is 11.8 Å². The van der Waals surface area contributed by atoms with E-state index in [1.807, 2.05) is 6.92 Å². The summed E-state index contributed by atoms with van der Waals surface area (Å²) in [6, 6.07) is 0. The van der Waals surface area contributed by atoms with Gasteiger partial charge in [-0.15, -0.1) is 0 Å². The maximum Gasteiger partial charge on any atom is 0.333 e. The van der Waals surface area contributed by atoms with Crippen molar-refractivity contribution in [2.45, 2.75) is 39.0 Å². The SMILES string of the molecule is CCOC(=O)/C(C)=C/C12COC(CC)(O1)O2. The molecule has 90 valence electrons. The predicted molar refractivity (Wildman–Crippen MR) is 54.3 cm³/mol. The summed E-state index contributed by atoms with van der Waals surface area (Å²) in [6.07, 6.45) is 2.24. The van der Waals surface area contributed by atoms with Gasteiger partial charge < -0.3 is 9.47 Å². The van der Waals surface area contributed by atoms with E-state index in [0.717, 1.165) is 0 Å². The van der Waals surface area contributed by atoms with Crippen molar-refractivity contribution in [3.63, 3.8) is 0 Å². The van der Waals surface area contributed by atoms with Crippen LogP contribution in [0.3, 0.4) is 0 Å². The number of carbonyl (C=O) groups excluding carboxylic acids is 1. The van der Waals surface area contributed by atoms with Gasteiger partial charge in [0, 0.05) is 12.0 Å². The molecule has 2 bridgehead atoms. The quantitative estimate of drug-likeness (QED) is 0.536. The second-order valence-electron chi connectivity index (χ2n) is 3.89. The van der Waals surface area contributed by atoms with E-state index in [4.69, 9.17) is 18.9 Å². The topological polar surface area (TPSA) is 54.0 Å². The molecule has 0 atom stereocenters. The molecule has 3 rings (SSSR count). The van der Waals surface area contributed by atoms with Gasteiger partial charge in [0.25, 0.3) is 5.97 Å². The molecule has 0 radical (unpaired) electrons. The minimum absolute atomic E-state index is 0.317. The molecule has 0 amide bonds. The van der Waals surface area contributed by atoms with Gasteiger partial charge in [-0.05, 0) is 19.9 Å². The fourth-order valence-electron chi connectivity index (χ4n) is 1.84. The summed E-state index contributed by atoms with van der Waals surface area (Å²) in [5.41, 5.74) is 0.469. The number of ether oxygens (including phenoxy) is 4. The molecule has 0 unspecified atom stereocenters. The van der Waals surface area contributed by atoms with Crippen LogP contribution in [-0.2, 0) is 23.7 Å². The molecule has 0 aromatic heterocycles. The summed E-state index contributed by atoms with van der Waals surface area (Å²) in [6.45, 7) is 6.02. The van der Waals surface area contributed by atoms with Crippen LogP contribution in [0.4, 0.5) is 0 Å². The zero-order valence-electron chi connectivity index (χ0n) is 9.74. The zero-order chi connectivity index (χ0) is 11.8. The molecule has 0 N–H and O–H groups in total. The molecule has 0 aromatic carbocycles. The molecule has 5 nitrogen and oxygen atoms in total. The van der Waals surface area contributed by atoms with Crippen LogP contribution >= 0.6 is 0 Å². The molecule has 16 heavy (non-hydrogen) atoms. The van der Waals surface area contributed by atoms with Crippen LogP contribution in [0.5, 0.6) is 0 Å². The Bertz CT molecular complexity index is 327. The Balaban J connectivity index is 2.01. The lowest BCUT2D eigenvalue weighted by atomic mass is 10.1. The van der Waals surface area contributed by atoms with E-state index in [1.54, 1.807) is 19.9 Å². The van der Waals surface area contributed by atoms with Crippen LogP contribution in [0.25, 0.3) is 0 Å². The first-order valence-electron chi connectivity index (χ1n) is 5.45. The molecule has 0 spiro atoms. The first kappa shape index (κ1) is 11.6. The van der Waals surface area contributed by atoms with Crippen LogP contribution in [-0.4, -0.2) is 30.9 Å². The van der Waals surface area contributed by atoms with Crippen molar-refractivity contribution in [1.82, 2.24) is 0 Å². The van der Waals surface area contributed by atoms with Gasteiger partial charge in [-0.25, -0.2) is 4.79 Å². The van der Waals surface area contributed by atoms with Crippen LogP contribution in [0.1, 0.15) is 27.2 Å². The lowest BCUT2D eigenvalue weighted by Crippen LogP contribution is -2.54. The number of fused-ring (bicyclic) bond motifs is 1. The van der Waals surface area contributed by atoms with Gasteiger partial charge in [0.15, 0.2) is 0 Å². The maximum absolute atomic E-state index is 11.4. The van der Waals surface area contributed by atoms with Crippen LogP contribution in [0.15, 0.2) is 11.6 Å². The van der Waals surface area contributed by atoms with Crippen molar-refractivity contribution in [3.8, 4) is 0 Å². The highest BCUT2D eigenvalue weighted by Gasteiger charge is 2.64. The van der Waals surface area contributed by atoms with Crippen molar-refractivity contribution in [2.75, 3.05) is 13.2 Å². The summed E-state index contributed by atoms with van der Waals surface area (Å²) in [5.74, 6) is -2.12. The van der Waals surface area contributed by atoms with Gasteiger partial charge in [-0.1, -0.05) is 6.92 Å². The van der Waals surface area contributed by atoms with E-state index in [-0.39, 0.29) is 5.97 Å². The van der Waals surface area contributed by atoms with Gasteiger partial charge in [-0.2, -0.15) is 0 Å². The molecule has 3 aliphatic rings. The van der Waals surface area contributed by atoms with Gasteiger partial charge >= 0.3 is 5.97 Å². The summed E-state index contributed by atoms with van der Waals surface area (Å²) < 4.78 is 21.3. The van der Waals surface area contributed by atoms with Crippen molar-refractivity contribution in [3.05, 3.63) is 11.6 Å². The Hall–Kier alpha value is -0.910. The predicted octanol–water partition coefficient (Wildman–Crippen LogP) is 1.33. The summed E-state index contributed by atoms with van der Waals surface area (Å²) in [7, 11) is 0. The Kier molecular flexibility index (Phi) is 2.77. The molecule has 3 aliphatic heterocycles. The highest BCUT2D eigenvalue weighted by atomic mass is 17.0. The second kappa shape index (κ2) is 3.84. The fourth-order valence-corrected chi connectivity index (χ4v) is 1.84. The largest absolute Gasteiger partial charge is 0.463 e. The van der Waals surface area contributed by atoms with Crippen molar-refractivity contribution in [1.29, 1.82) is 0 Å². The fraction of sp³-hybridized carbons (Fsp3) is 0.727. The number of hydrogen-bond acceptors (Lipinski definition) is 5. The number of hydrogen-bond donors (Lipinski definition) is 0. The van der Waals surface area contributed by atoms with E-state index in [2.05, 4.69) is 0 Å².